The van der Waals surface area contributed by atoms with E-state index in [0.717, 1.165) is 5.82 Å². The number of aromatic nitrogens is 2. The number of hydrogen-bond donors (Lipinski definition) is 2. The second-order valence-corrected chi connectivity index (χ2v) is 6.45. The minimum Gasteiger partial charge on any atom is -0.352 e. The quantitative estimate of drug-likeness (QED) is 0.880. The normalized spacial score (nSPS) is 13.5. The van der Waals surface area contributed by atoms with E-state index in [1.165, 1.54) is 11.5 Å². The van der Waals surface area contributed by atoms with Crippen LogP contribution in [0, 0.1) is 0 Å². The first-order chi connectivity index (χ1) is 8.20. The lowest BCUT2D eigenvalue weighted by Gasteiger charge is -2.15. The Morgan fingerprint density at radius 2 is 1.89 bits per heavy atom. The van der Waals surface area contributed by atoms with Crippen molar-refractivity contribution in [2.45, 2.75) is 59.0 Å². The summed E-state index contributed by atoms with van der Waals surface area (Å²) in [5.41, 5.74) is -0.0696. The molecule has 1 amide bonds. The second kappa shape index (κ2) is 5.65. The van der Waals surface area contributed by atoms with Crippen LogP contribution in [-0.2, 0) is 10.2 Å². The van der Waals surface area contributed by atoms with Gasteiger partial charge in [0.1, 0.15) is 11.9 Å². The van der Waals surface area contributed by atoms with Crippen LogP contribution in [0.2, 0.25) is 0 Å². The Balaban J connectivity index is 2.62. The molecule has 0 saturated heterocycles. The van der Waals surface area contributed by atoms with Gasteiger partial charge >= 0.3 is 0 Å². The maximum absolute atomic E-state index is 11.7. The van der Waals surface area contributed by atoms with Crippen LogP contribution in [0.25, 0.3) is 0 Å². The Hall–Kier alpha value is -1.17. The predicted molar refractivity (Wildman–Crippen MR) is 75.0 cm³/mol. The summed E-state index contributed by atoms with van der Waals surface area (Å²) < 4.78 is 4.30. The third kappa shape index (κ3) is 4.25. The zero-order valence-electron chi connectivity index (χ0n) is 11.9. The highest BCUT2D eigenvalue weighted by Gasteiger charge is 2.21. The average molecular weight is 270 g/mol. The summed E-state index contributed by atoms with van der Waals surface area (Å²) in [6.07, 6.45) is 0. The molecule has 0 aliphatic heterocycles. The van der Waals surface area contributed by atoms with Crippen LogP contribution >= 0.6 is 11.5 Å². The maximum Gasteiger partial charge on any atom is 0.242 e. The Bertz CT molecular complexity index is 408. The fourth-order valence-corrected chi connectivity index (χ4v) is 2.09. The lowest BCUT2D eigenvalue weighted by Crippen LogP contribution is -2.40. The Kier molecular flexibility index (Phi) is 4.67. The van der Waals surface area contributed by atoms with E-state index >= 15 is 0 Å². The molecule has 0 bridgehead atoms. The molecular formula is C12H22N4OS. The van der Waals surface area contributed by atoms with Crippen molar-refractivity contribution in [2.75, 3.05) is 5.32 Å². The Morgan fingerprint density at radius 1 is 1.28 bits per heavy atom. The molecule has 2 N–H and O–H groups in total. The standard InChI is InChI=1S/C12H22N4OS/c1-7(2)13-9(17)8(3)14-11-15-10(16-18-11)12(4,5)6/h7-8H,1-6H3,(H,13,17)(H,14,15,16). The van der Waals surface area contributed by atoms with Crippen LogP contribution in [0.4, 0.5) is 5.13 Å². The van der Waals surface area contributed by atoms with Crippen molar-refractivity contribution < 1.29 is 4.79 Å². The number of amides is 1. The van der Waals surface area contributed by atoms with Gasteiger partial charge in [0.05, 0.1) is 0 Å². The molecule has 1 aromatic rings. The smallest absolute Gasteiger partial charge is 0.242 e. The molecule has 6 heteroatoms. The number of carbonyl (C=O) groups excluding carboxylic acids is 1. The van der Waals surface area contributed by atoms with E-state index in [1.54, 1.807) is 0 Å². The molecule has 0 aromatic carbocycles. The molecule has 1 atom stereocenters. The van der Waals surface area contributed by atoms with Crippen molar-refractivity contribution in [2.24, 2.45) is 0 Å². The second-order valence-electron chi connectivity index (χ2n) is 5.70. The number of hydrogen-bond acceptors (Lipinski definition) is 5. The molecule has 0 saturated carbocycles. The first-order valence-electron chi connectivity index (χ1n) is 6.11. The van der Waals surface area contributed by atoms with Crippen molar-refractivity contribution in [1.82, 2.24) is 14.7 Å². The Labute approximate surface area is 113 Å². The van der Waals surface area contributed by atoms with E-state index in [4.69, 9.17) is 0 Å². The van der Waals surface area contributed by atoms with Gasteiger partial charge in [0.2, 0.25) is 11.0 Å². The molecule has 18 heavy (non-hydrogen) atoms. The van der Waals surface area contributed by atoms with Gasteiger partial charge in [-0.25, -0.2) is 4.98 Å². The first kappa shape index (κ1) is 14.9. The summed E-state index contributed by atoms with van der Waals surface area (Å²) in [5.74, 6) is 0.768. The molecule has 102 valence electrons. The lowest BCUT2D eigenvalue weighted by atomic mass is 9.96. The van der Waals surface area contributed by atoms with Gasteiger partial charge in [-0.15, -0.1) is 0 Å². The van der Waals surface area contributed by atoms with E-state index in [0.29, 0.717) is 5.13 Å². The van der Waals surface area contributed by atoms with Gasteiger partial charge in [0.25, 0.3) is 0 Å². The Morgan fingerprint density at radius 3 is 2.33 bits per heavy atom. The van der Waals surface area contributed by atoms with E-state index < -0.39 is 0 Å². The summed E-state index contributed by atoms with van der Waals surface area (Å²) >= 11 is 1.29. The van der Waals surface area contributed by atoms with Gasteiger partial charge in [-0.2, -0.15) is 4.37 Å². The van der Waals surface area contributed by atoms with Crippen LogP contribution in [0.1, 0.15) is 47.4 Å². The van der Waals surface area contributed by atoms with Gasteiger partial charge in [-0.1, -0.05) is 20.8 Å². The van der Waals surface area contributed by atoms with Crippen molar-refractivity contribution >= 4 is 22.6 Å². The summed E-state index contributed by atoms with van der Waals surface area (Å²) in [7, 11) is 0. The highest BCUT2D eigenvalue weighted by atomic mass is 32.1. The van der Waals surface area contributed by atoms with Crippen LogP contribution in [0.15, 0.2) is 0 Å². The first-order valence-corrected chi connectivity index (χ1v) is 6.88. The molecule has 0 spiro atoms. The number of carbonyl (C=O) groups is 1. The summed E-state index contributed by atoms with van der Waals surface area (Å²) in [4.78, 5) is 16.1. The highest BCUT2D eigenvalue weighted by molar-refractivity contribution is 7.09. The van der Waals surface area contributed by atoms with Crippen molar-refractivity contribution in [3.63, 3.8) is 0 Å². The zero-order valence-corrected chi connectivity index (χ0v) is 12.7. The molecule has 1 heterocycles. The number of nitrogens with zero attached hydrogens (tertiary/aromatic N) is 2. The van der Waals surface area contributed by atoms with E-state index in [9.17, 15) is 4.79 Å². The number of nitrogens with one attached hydrogen (secondary N) is 2. The monoisotopic (exact) mass is 270 g/mol. The molecule has 1 aromatic heterocycles. The molecular weight excluding hydrogens is 248 g/mol. The minimum atomic E-state index is -0.312. The fraction of sp³-hybridized carbons (Fsp3) is 0.750. The van der Waals surface area contributed by atoms with Gasteiger partial charge in [0, 0.05) is 23.0 Å². The highest BCUT2D eigenvalue weighted by Crippen LogP contribution is 2.23. The van der Waals surface area contributed by atoms with Crippen LogP contribution in [-0.4, -0.2) is 27.3 Å². The minimum absolute atomic E-state index is 0.0301. The zero-order chi connectivity index (χ0) is 13.9. The van der Waals surface area contributed by atoms with Gasteiger partial charge in [0.15, 0.2) is 0 Å². The van der Waals surface area contributed by atoms with Crippen molar-refractivity contribution in [1.29, 1.82) is 0 Å². The third-order valence-electron chi connectivity index (χ3n) is 2.26. The average Bonchev–Trinajstić information content (AvgIpc) is 2.64. The molecule has 1 rings (SSSR count). The fourth-order valence-electron chi connectivity index (χ4n) is 1.25. The summed E-state index contributed by atoms with van der Waals surface area (Å²) in [5, 5.41) is 6.61. The third-order valence-corrected chi connectivity index (χ3v) is 2.91. The van der Waals surface area contributed by atoms with Crippen molar-refractivity contribution in [3.8, 4) is 0 Å². The molecule has 0 aliphatic carbocycles. The maximum atomic E-state index is 11.7. The number of anilines is 1. The summed E-state index contributed by atoms with van der Waals surface area (Å²) in [6, 6.07) is -0.172. The van der Waals surface area contributed by atoms with Crippen LogP contribution < -0.4 is 10.6 Å². The van der Waals surface area contributed by atoms with Gasteiger partial charge < -0.3 is 10.6 Å². The topological polar surface area (TPSA) is 66.9 Å². The molecule has 0 radical (unpaired) electrons. The molecule has 5 nitrogen and oxygen atoms in total. The molecule has 0 fully saturated rings. The molecule has 1 unspecified atom stereocenters. The van der Waals surface area contributed by atoms with Crippen molar-refractivity contribution in [3.05, 3.63) is 5.82 Å². The largest absolute Gasteiger partial charge is 0.352 e. The lowest BCUT2D eigenvalue weighted by molar-refractivity contribution is -0.122. The number of rotatable bonds is 4. The molecule has 0 aliphatic rings. The van der Waals surface area contributed by atoms with E-state index in [1.807, 2.05) is 20.8 Å². The van der Waals surface area contributed by atoms with Crippen LogP contribution in [0.5, 0.6) is 0 Å². The van der Waals surface area contributed by atoms with Gasteiger partial charge in [-0.05, 0) is 20.8 Å². The van der Waals surface area contributed by atoms with Crippen LogP contribution in [0.3, 0.4) is 0 Å². The van der Waals surface area contributed by atoms with Gasteiger partial charge in [-0.3, -0.25) is 4.79 Å². The van der Waals surface area contributed by atoms with E-state index in [-0.39, 0.29) is 23.4 Å². The predicted octanol–water partition coefficient (Wildman–Crippen LogP) is 2.16. The SMILES string of the molecule is CC(C)NC(=O)C(C)Nc1nc(C(C)(C)C)ns1. The van der Waals surface area contributed by atoms with E-state index in [2.05, 4.69) is 40.8 Å². The summed E-state index contributed by atoms with van der Waals surface area (Å²) in [6.45, 7) is 11.9.